The van der Waals surface area contributed by atoms with Gasteiger partial charge in [-0.3, -0.25) is 4.79 Å². The van der Waals surface area contributed by atoms with Crippen molar-refractivity contribution in [2.45, 2.75) is 12.8 Å². The summed E-state index contributed by atoms with van der Waals surface area (Å²) in [4.78, 5) is 14.4. The number of hydrogen-bond acceptors (Lipinski definition) is 2. The summed E-state index contributed by atoms with van der Waals surface area (Å²) in [7, 11) is 0. The van der Waals surface area contributed by atoms with Gasteiger partial charge in [0.05, 0.1) is 37.6 Å². The lowest BCUT2D eigenvalue weighted by Crippen LogP contribution is -3.10. The number of carbonyl (C=O) groups is 1. The van der Waals surface area contributed by atoms with Crippen molar-refractivity contribution in [3.8, 4) is 16.9 Å². The van der Waals surface area contributed by atoms with Crippen LogP contribution in [0.15, 0.2) is 54.6 Å². The van der Waals surface area contributed by atoms with E-state index in [0.29, 0.717) is 34.2 Å². The summed E-state index contributed by atoms with van der Waals surface area (Å²) in [6, 6.07) is 15.1. The highest BCUT2D eigenvalue weighted by Gasteiger charge is 2.20. The third kappa shape index (κ3) is 4.49. The van der Waals surface area contributed by atoms with Crippen molar-refractivity contribution in [2.24, 2.45) is 0 Å². The summed E-state index contributed by atoms with van der Waals surface area (Å²) in [5, 5.41) is 8.09. The van der Waals surface area contributed by atoms with Crippen molar-refractivity contribution < 1.29 is 14.1 Å². The predicted octanol–water partition coefficient (Wildman–Crippen LogP) is 2.74. The highest BCUT2D eigenvalue weighted by molar-refractivity contribution is 6.30. The summed E-state index contributed by atoms with van der Waals surface area (Å²) in [5.74, 6) is -0.605. The van der Waals surface area contributed by atoms with Crippen LogP contribution in [0.4, 0.5) is 4.39 Å². The molecule has 2 aromatic carbocycles. The fourth-order valence-corrected chi connectivity index (χ4v) is 3.82. The Hall–Kier alpha value is -2.70. The molecule has 0 unspecified atom stereocenters. The van der Waals surface area contributed by atoms with Crippen molar-refractivity contribution in [3.63, 3.8) is 0 Å². The zero-order valence-electron chi connectivity index (χ0n) is 16.0. The van der Waals surface area contributed by atoms with Gasteiger partial charge >= 0.3 is 0 Å². The number of nitrogens with zero attached hydrogens (tertiary/aromatic N) is 2. The van der Waals surface area contributed by atoms with E-state index < -0.39 is 0 Å². The summed E-state index contributed by atoms with van der Waals surface area (Å²) < 4.78 is 15.8. The van der Waals surface area contributed by atoms with Crippen LogP contribution in [0.1, 0.15) is 23.3 Å². The van der Waals surface area contributed by atoms with Crippen molar-refractivity contribution >= 4 is 17.5 Å². The van der Waals surface area contributed by atoms with Gasteiger partial charge in [0.1, 0.15) is 11.5 Å². The number of aromatic nitrogens is 2. The molecule has 1 amide bonds. The second-order valence-electron chi connectivity index (χ2n) is 7.25. The van der Waals surface area contributed by atoms with Crippen LogP contribution in [0.2, 0.25) is 5.02 Å². The maximum Gasteiger partial charge on any atom is 0.270 e. The Balaban J connectivity index is 1.62. The van der Waals surface area contributed by atoms with Gasteiger partial charge in [0.15, 0.2) is 0 Å². The van der Waals surface area contributed by atoms with E-state index >= 15 is 0 Å². The number of carbonyl (C=O) groups excluding carboxylic acids is 1. The lowest BCUT2D eigenvalue weighted by Gasteiger charge is -2.13. The minimum absolute atomic E-state index is 0.228. The van der Waals surface area contributed by atoms with Crippen LogP contribution < -0.4 is 10.2 Å². The molecule has 2 N–H and O–H groups in total. The third-order valence-corrected chi connectivity index (χ3v) is 5.49. The molecule has 7 heteroatoms. The first-order chi connectivity index (χ1) is 14.1. The van der Waals surface area contributed by atoms with Crippen LogP contribution in [0.3, 0.4) is 0 Å². The Labute approximate surface area is 174 Å². The van der Waals surface area contributed by atoms with Gasteiger partial charge in [0.25, 0.3) is 5.91 Å². The van der Waals surface area contributed by atoms with Crippen LogP contribution in [-0.4, -0.2) is 41.9 Å². The van der Waals surface area contributed by atoms with Crippen molar-refractivity contribution in [3.05, 3.63) is 71.1 Å². The molecule has 1 aromatic heterocycles. The number of nitrogens with one attached hydrogen (secondary N) is 2. The van der Waals surface area contributed by atoms with E-state index in [-0.39, 0.29) is 11.7 Å². The molecular formula is C22H23ClFN4O+. The van der Waals surface area contributed by atoms with Gasteiger partial charge in [-0.05, 0) is 42.5 Å². The van der Waals surface area contributed by atoms with Gasteiger partial charge in [0, 0.05) is 23.4 Å². The molecule has 2 heterocycles. The first-order valence-electron chi connectivity index (χ1n) is 9.84. The minimum Gasteiger partial charge on any atom is -0.345 e. The molecule has 1 saturated heterocycles. The smallest absolute Gasteiger partial charge is 0.270 e. The van der Waals surface area contributed by atoms with E-state index in [1.165, 1.54) is 28.5 Å². The van der Waals surface area contributed by atoms with Gasteiger partial charge < -0.3 is 10.2 Å². The Morgan fingerprint density at radius 1 is 1.14 bits per heavy atom. The first-order valence-corrected chi connectivity index (χ1v) is 10.2. The molecule has 29 heavy (non-hydrogen) atoms. The fourth-order valence-electron chi connectivity index (χ4n) is 3.69. The van der Waals surface area contributed by atoms with Gasteiger partial charge in [-0.2, -0.15) is 5.10 Å². The van der Waals surface area contributed by atoms with Crippen molar-refractivity contribution in [2.75, 3.05) is 26.2 Å². The Kier molecular flexibility index (Phi) is 5.92. The number of quaternary nitrogens is 1. The maximum atomic E-state index is 14.3. The number of hydrogen-bond donors (Lipinski definition) is 2. The molecule has 0 atom stereocenters. The summed E-state index contributed by atoms with van der Waals surface area (Å²) in [6.45, 7) is 3.82. The monoisotopic (exact) mass is 413 g/mol. The molecule has 0 bridgehead atoms. The third-order valence-electron chi connectivity index (χ3n) is 5.24. The van der Waals surface area contributed by atoms with Crippen LogP contribution in [-0.2, 0) is 0 Å². The minimum atomic E-state index is -0.377. The Morgan fingerprint density at radius 2 is 1.86 bits per heavy atom. The Morgan fingerprint density at radius 3 is 2.59 bits per heavy atom. The standard InChI is InChI=1S/C22H22ClFN4O/c23-16-7-9-17(10-8-16)28-21(22(29)25-11-14-27-12-3-4-13-27)15-20(26-28)18-5-1-2-6-19(18)24/h1-2,5-10,15H,3-4,11-14H2,(H,25,29)/p+1. The number of rotatable bonds is 6. The topological polar surface area (TPSA) is 51.4 Å². The molecule has 0 saturated carbocycles. The molecule has 1 fully saturated rings. The van der Waals surface area contributed by atoms with Crippen LogP contribution >= 0.6 is 11.6 Å². The molecule has 4 rings (SSSR count). The first kappa shape index (κ1) is 19.6. The van der Waals surface area contributed by atoms with Gasteiger partial charge in [0.2, 0.25) is 0 Å². The van der Waals surface area contributed by atoms with Gasteiger partial charge in [-0.25, -0.2) is 9.07 Å². The fraction of sp³-hybridized carbons (Fsp3) is 0.273. The summed E-state index contributed by atoms with van der Waals surface area (Å²) in [6.07, 6.45) is 2.50. The van der Waals surface area contributed by atoms with Crippen LogP contribution in [0, 0.1) is 5.82 Å². The lowest BCUT2D eigenvalue weighted by atomic mass is 10.1. The quantitative estimate of drug-likeness (QED) is 0.653. The summed E-state index contributed by atoms with van der Waals surface area (Å²) in [5.41, 5.74) is 1.82. The number of halogens is 2. The van der Waals surface area contributed by atoms with E-state index in [1.807, 2.05) is 0 Å². The number of likely N-dealkylation sites (tertiary alicyclic amines) is 1. The maximum absolute atomic E-state index is 14.3. The zero-order chi connectivity index (χ0) is 20.2. The number of amides is 1. The average Bonchev–Trinajstić information content (AvgIpc) is 3.39. The molecule has 5 nitrogen and oxygen atoms in total. The second-order valence-corrected chi connectivity index (χ2v) is 7.68. The zero-order valence-corrected chi connectivity index (χ0v) is 16.8. The highest BCUT2D eigenvalue weighted by atomic mass is 35.5. The van der Waals surface area contributed by atoms with E-state index in [9.17, 15) is 9.18 Å². The second kappa shape index (κ2) is 8.76. The molecule has 3 aromatic rings. The molecule has 150 valence electrons. The van der Waals surface area contributed by atoms with Gasteiger partial charge in [-0.15, -0.1) is 0 Å². The predicted molar refractivity (Wildman–Crippen MR) is 111 cm³/mol. The highest BCUT2D eigenvalue weighted by Crippen LogP contribution is 2.24. The largest absolute Gasteiger partial charge is 0.345 e. The molecular weight excluding hydrogens is 391 g/mol. The molecule has 0 aliphatic carbocycles. The normalized spacial score (nSPS) is 14.3. The SMILES string of the molecule is O=C(NCC[NH+]1CCCC1)c1cc(-c2ccccc2F)nn1-c1ccc(Cl)cc1. The lowest BCUT2D eigenvalue weighted by molar-refractivity contribution is -0.886. The molecule has 0 spiro atoms. The average molecular weight is 414 g/mol. The number of benzene rings is 2. The van der Waals surface area contributed by atoms with Crippen LogP contribution in [0.5, 0.6) is 0 Å². The van der Waals surface area contributed by atoms with Crippen molar-refractivity contribution in [1.29, 1.82) is 0 Å². The summed E-state index contributed by atoms with van der Waals surface area (Å²) >= 11 is 5.99. The molecule has 0 radical (unpaired) electrons. The Bertz CT molecular complexity index is 996. The molecule has 1 aliphatic heterocycles. The van der Waals surface area contributed by atoms with E-state index in [0.717, 1.165) is 19.6 Å². The van der Waals surface area contributed by atoms with Gasteiger partial charge in [-0.1, -0.05) is 23.7 Å². The van der Waals surface area contributed by atoms with E-state index in [4.69, 9.17) is 11.6 Å². The van der Waals surface area contributed by atoms with E-state index in [1.54, 1.807) is 48.5 Å². The van der Waals surface area contributed by atoms with E-state index in [2.05, 4.69) is 10.4 Å². The molecule has 1 aliphatic rings. The van der Waals surface area contributed by atoms with Crippen LogP contribution in [0.25, 0.3) is 16.9 Å². The van der Waals surface area contributed by atoms with Crippen molar-refractivity contribution in [1.82, 2.24) is 15.1 Å².